The summed E-state index contributed by atoms with van der Waals surface area (Å²) in [7, 11) is 0. The van der Waals surface area contributed by atoms with Crippen molar-refractivity contribution in [2.24, 2.45) is 5.92 Å². The molecule has 1 fully saturated rings. The zero-order valence-electron chi connectivity index (χ0n) is 11.4. The van der Waals surface area contributed by atoms with E-state index in [1.165, 1.54) is 41.7 Å². The molecule has 2 nitrogen and oxygen atoms in total. The third-order valence-electron chi connectivity index (χ3n) is 3.57. The van der Waals surface area contributed by atoms with E-state index in [1.54, 1.807) is 0 Å². The van der Waals surface area contributed by atoms with Crippen LogP contribution in [0.3, 0.4) is 0 Å². The first-order valence-electron chi connectivity index (χ1n) is 6.94. The molecule has 100 valence electrons. The fraction of sp³-hybridized carbons (Fsp3) is 0.600. The van der Waals surface area contributed by atoms with Crippen LogP contribution in [0, 0.1) is 5.92 Å². The Labute approximate surface area is 119 Å². The van der Waals surface area contributed by atoms with E-state index in [0.717, 1.165) is 19.0 Å². The van der Waals surface area contributed by atoms with Crippen molar-refractivity contribution in [2.45, 2.75) is 33.2 Å². The molecule has 1 heterocycles. The van der Waals surface area contributed by atoms with Crippen LogP contribution >= 0.6 is 15.9 Å². The lowest BCUT2D eigenvalue weighted by atomic mass is 10.2. The summed E-state index contributed by atoms with van der Waals surface area (Å²) in [6, 6.07) is 6.76. The lowest BCUT2D eigenvalue weighted by molar-refractivity contribution is 0.659. The first-order valence-corrected chi connectivity index (χ1v) is 7.74. The van der Waals surface area contributed by atoms with Gasteiger partial charge in [0.1, 0.15) is 0 Å². The van der Waals surface area contributed by atoms with Gasteiger partial charge >= 0.3 is 0 Å². The van der Waals surface area contributed by atoms with Crippen LogP contribution in [-0.4, -0.2) is 19.6 Å². The van der Waals surface area contributed by atoms with Crippen LogP contribution in [0.15, 0.2) is 22.7 Å². The van der Waals surface area contributed by atoms with Gasteiger partial charge in [-0.25, -0.2) is 0 Å². The molecule has 1 aromatic rings. The topological polar surface area (TPSA) is 15.3 Å². The van der Waals surface area contributed by atoms with Crippen LogP contribution in [-0.2, 0) is 6.54 Å². The van der Waals surface area contributed by atoms with Crippen molar-refractivity contribution in [3.8, 4) is 0 Å². The van der Waals surface area contributed by atoms with Gasteiger partial charge in [0.05, 0.1) is 0 Å². The molecule has 0 spiro atoms. The summed E-state index contributed by atoms with van der Waals surface area (Å²) in [6.45, 7) is 8.95. The summed E-state index contributed by atoms with van der Waals surface area (Å²) < 4.78 is 1.23. The highest BCUT2D eigenvalue weighted by molar-refractivity contribution is 9.10. The van der Waals surface area contributed by atoms with Crippen LogP contribution < -0.4 is 10.2 Å². The minimum Gasteiger partial charge on any atom is -0.371 e. The van der Waals surface area contributed by atoms with E-state index in [1.807, 2.05) is 0 Å². The number of anilines is 1. The average molecular weight is 311 g/mol. The Kier molecular flexibility index (Phi) is 5.07. The van der Waals surface area contributed by atoms with Crippen molar-refractivity contribution >= 4 is 21.6 Å². The van der Waals surface area contributed by atoms with E-state index < -0.39 is 0 Å². The first-order chi connectivity index (χ1) is 8.70. The molecule has 1 aliphatic heterocycles. The molecule has 1 saturated heterocycles. The Morgan fingerprint density at radius 2 is 2.28 bits per heavy atom. The summed E-state index contributed by atoms with van der Waals surface area (Å²) >= 11 is 3.69. The monoisotopic (exact) mass is 310 g/mol. The number of hydrogen-bond acceptors (Lipinski definition) is 2. The van der Waals surface area contributed by atoms with Gasteiger partial charge in [-0.2, -0.15) is 0 Å². The number of hydrogen-bond donors (Lipinski definition) is 1. The standard InChI is InChI=1S/C15H23BrN2/c1-3-7-17-10-13-4-5-14(9-15(13)16)18-8-6-12(2)11-18/h4-5,9,12,17H,3,6-8,10-11H2,1-2H3. The highest BCUT2D eigenvalue weighted by Crippen LogP contribution is 2.28. The fourth-order valence-corrected chi connectivity index (χ4v) is 2.95. The molecule has 3 heteroatoms. The molecule has 0 aliphatic carbocycles. The summed E-state index contributed by atoms with van der Waals surface area (Å²) in [5.41, 5.74) is 2.70. The molecule has 1 atom stereocenters. The fourth-order valence-electron chi connectivity index (χ4n) is 2.45. The van der Waals surface area contributed by atoms with Gasteiger partial charge < -0.3 is 10.2 Å². The number of rotatable bonds is 5. The largest absolute Gasteiger partial charge is 0.371 e. The van der Waals surface area contributed by atoms with Gasteiger partial charge in [0.15, 0.2) is 0 Å². The highest BCUT2D eigenvalue weighted by Gasteiger charge is 2.19. The summed E-state index contributed by atoms with van der Waals surface area (Å²) in [5, 5.41) is 3.44. The van der Waals surface area contributed by atoms with Crippen molar-refractivity contribution in [3.05, 3.63) is 28.2 Å². The van der Waals surface area contributed by atoms with Gasteiger partial charge in [0, 0.05) is 29.8 Å². The predicted octanol–water partition coefficient (Wildman–Crippen LogP) is 3.79. The summed E-state index contributed by atoms with van der Waals surface area (Å²) in [6.07, 6.45) is 2.50. The molecule has 1 aliphatic rings. The maximum Gasteiger partial charge on any atom is 0.0377 e. The van der Waals surface area contributed by atoms with Crippen molar-refractivity contribution in [1.29, 1.82) is 0 Å². The van der Waals surface area contributed by atoms with Crippen LogP contribution in [0.25, 0.3) is 0 Å². The van der Waals surface area contributed by atoms with Crippen LogP contribution in [0.5, 0.6) is 0 Å². The molecular weight excluding hydrogens is 288 g/mol. The van der Waals surface area contributed by atoms with E-state index in [4.69, 9.17) is 0 Å². The maximum absolute atomic E-state index is 3.69. The van der Waals surface area contributed by atoms with Gasteiger partial charge in [-0.05, 0) is 43.0 Å². The predicted molar refractivity (Wildman–Crippen MR) is 82.1 cm³/mol. The number of halogens is 1. The second-order valence-electron chi connectivity index (χ2n) is 5.29. The molecule has 1 unspecified atom stereocenters. The Hall–Kier alpha value is -0.540. The van der Waals surface area contributed by atoms with Crippen LogP contribution in [0.4, 0.5) is 5.69 Å². The van der Waals surface area contributed by atoms with Gasteiger partial charge in [-0.3, -0.25) is 0 Å². The molecule has 1 aromatic carbocycles. The zero-order valence-corrected chi connectivity index (χ0v) is 13.0. The average Bonchev–Trinajstić information content (AvgIpc) is 2.78. The van der Waals surface area contributed by atoms with E-state index in [0.29, 0.717) is 0 Å². The van der Waals surface area contributed by atoms with Gasteiger partial charge in [-0.15, -0.1) is 0 Å². The van der Waals surface area contributed by atoms with Crippen molar-refractivity contribution < 1.29 is 0 Å². The van der Waals surface area contributed by atoms with Crippen LogP contribution in [0.1, 0.15) is 32.3 Å². The summed E-state index contributed by atoms with van der Waals surface area (Å²) in [4.78, 5) is 2.48. The van der Waals surface area contributed by atoms with Crippen molar-refractivity contribution in [2.75, 3.05) is 24.5 Å². The van der Waals surface area contributed by atoms with Gasteiger partial charge in [0.25, 0.3) is 0 Å². The third-order valence-corrected chi connectivity index (χ3v) is 4.31. The van der Waals surface area contributed by atoms with E-state index in [-0.39, 0.29) is 0 Å². The maximum atomic E-state index is 3.69. The van der Waals surface area contributed by atoms with Crippen molar-refractivity contribution in [1.82, 2.24) is 5.32 Å². The molecule has 0 amide bonds. The number of nitrogens with zero attached hydrogens (tertiary/aromatic N) is 1. The molecule has 0 aromatic heterocycles. The Bertz CT molecular complexity index is 392. The Morgan fingerprint density at radius 3 is 2.89 bits per heavy atom. The molecular formula is C15H23BrN2. The molecule has 0 radical (unpaired) electrons. The van der Waals surface area contributed by atoms with Crippen LogP contribution in [0.2, 0.25) is 0 Å². The molecule has 0 saturated carbocycles. The van der Waals surface area contributed by atoms with E-state index >= 15 is 0 Å². The molecule has 18 heavy (non-hydrogen) atoms. The minimum atomic E-state index is 0.828. The van der Waals surface area contributed by atoms with E-state index in [9.17, 15) is 0 Å². The minimum absolute atomic E-state index is 0.828. The highest BCUT2D eigenvalue weighted by atomic mass is 79.9. The normalized spacial score (nSPS) is 19.5. The van der Waals surface area contributed by atoms with Gasteiger partial charge in [0.2, 0.25) is 0 Å². The molecule has 1 N–H and O–H groups in total. The smallest absolute Gasteiger partial charge is 0.0377 e. The molecule has 2 rings (SSSR count). The second-order valence-corrected chi connectivity index (χ2v) is 6.15. The Morgan fingerprint density at radius 1 is 1.44 bits per heavy atom. The lowest BCUT2D eigenvalue weighted by Gasteiger charge is -2.19. The van der Waals surface area contributed by atoms with Crippen molar-refractivity contribution in [3.63, 3.8) is 0 Å². The zero-order chi connectivity index (χ0) is 13.0. The third kappa shape index (κ3) is 3.48. The quantitative estimate of drug-likeness (QED) is 0.832. The Balaban J connectivity index is 2.00. The SMILES string of the molecule is CCCNCc1ccc(N2CCC(C)C2)cc1Br. The number of nitrogens with one attached hydrogen (secondary N) is 1. The summed E-state index contributed by atoms with van der Waals surface area (Å²) in [5.74, 6) is 0.828. The number of benzene rings is 1. The lowest BCUT2D eigenvalue weighted by Crippen LogP contribution is -2.19. The second kappa shape index (κ2) is 6.58. The molecule has 0 bridgehead atoms. The van der Waals surface area contributed by atoms with Gasteiger partial charge in [-0.1, -0.05) is 35.8 Å². The first kappa shape index (κ1) is 13.9. The van der Waals surface area contributed by atoms with E-state index in [2.05, 4.69) is 58.2 Å².